The lowest BCUT2D eigenvalue weighted by Crippen LogP contribution is -2.25. The van der Waals surface area contributed by atoms with Gasteiger partial charge >= 0.3 is 0 Å². The Labute approximate surface area is 135 Å². The summed E-state index contributed by atoms with van der Waals surface area (Å²) < 4.78 is 0. The van der Waals surface area contributed by atoms with Crippen molar-refractivity contribution < 1.29 is 0 Å². The van der Waals surface area contributed by atoms with E-state index in [4.69, 9.17) is 17.3 Å². The molecule has 21 heavy (non-hydrogen) atoms. The first-order chi connectivity index (χ1) is 10.2. The van der Waals surface area contributed by atoms with E-state index in [1.54, 1.807) is 18.0 Å². The number of hydrogen-bond acceptors (Lipinski definition) is 4. The number of pyridine rings is 1. The normalized spacial score (nSPS) is 12.3. The van der Waals surface area contributed by atoms with Gasteiger partial charge in [0, 0.05) is 28.5 Å². The Bertz CT molecular complexity index is 577. The summed E-state index contributed by atoms with van der Waals surface area (Å²) in [4.78, 5) is 5.27. The summed E-state index contributed by atoms with van der Waals surface area (Å²) in [5.41, 5.74) is 7.05. The summed E-state index contributed by atoms with van der Waals surface area (Å²) >= 11 is 7.94. The number of anilines is 1. The van der Waals surface area contributed by atoms with Crippen LogP contribution in [0.25, 0.3) is 0 Å². The molecule has 0 spiro atoms. The van der Waals surface area contributed by atoms with Gasteiger partial charge in [0.25, 0.3) is 0 Å². The quantitative estimate of drug-likeness (QED) is 0.752. The van der Waals surface area contributed by atoms with Crippen LogP contribution in [0.1, 0.15) is 24.9 Å². The number of benzene rings is 1. The van der Waals surface area contributed by atoms with E-state index < -0.39 is 0 Å². The van der Waals surface area contributed by atoms with Crippen molar-refractivity contribution in [2.45, 2.75) is 24.3 Å². The highest BCUT2D eigenvalue weighted by Crippen LogP contribution is 2.31. The summed E-state index contributed by atoms with van der Waals surface area (Å²) in [6, 6.07) is 12.0. The van der Waals surface area contributed by atoms with E-state index in [1.807, 2.05) is 36.4 Å². The molecule has 0 aliphatic rings. The molecule has 1 heterocycles. The summed E-state index contributed by atoms with van der Waals surface area (Å²) in [6.07, 6.45) is 2.80. The van der Waals surface area contributed by atoms with Gasteiger partial charge in [0.1, 0.15) is 5.82 Å². The van der Waals surface area contributed by atoms with Gasteiger partial charge in [-0.05, 0) is 31.2 Å². The van der Waals surface area contributed by atoms with Gasteiger partial charge < -0.3 is 11.1 Å². The second-order valence-electron chi connectivity index (χ2n) is 4.73. The molecule has 0 saturated heterocycles. The smallest absolute Gasteiger partial charge is 0.128 e. The molecule has 1 atom stereocenters. The summed E-state index contributed by atoms with van der Waals surface area (Å²) in [5.74, 6) is 1.45. The first kappa shape index (κ1) is 16.1. The number of nitrogen functional groups attached to an aromatic ring is 1. The number of aromatic nitrogens is 1. The van der Waals surface area contributed by atoms with Crippen molar-refractivity contribution >= 4 is 29.2 Å². The lowest BCUT2D eigenvalue weighted by molar-refractivity contribution is 0.577. The molecule has 0 saturated carbocycles. The van der Waals surface area contributed by atoms with Gasteiger partial charge in [-0.1, -0.05) is 36.7 Å². The second kappa shape index (κ2) is 8.27. The van der Waals surface area contributed by atoms with Crippen molar-refractivity contribution in [3.05, 3.63) is 53.2 Å². The Morgan fingerprint density at radius 3 is 2.81 bits per heavy atom. The van der Waals surface area contributed by atoms with Crippen LogP contribution in [0, 0.1) is 0 Å². The third-order valence-electron chi connectivity index (χ3n) is 3.13. The average molecular weight is 322 g/mol. The van der Waals surface area contributed by atoms with Crippen LogP contribution in [0.15, 0.2) is 47.5 Å². The molecule has 0 amide bonds. The van der Waals surface area contributed by atoms with Crippen molar-refractivity contribution in [3.63, 3.8) is 0 Å². The van der Waals surface area contributed by atoms with Gasteiger partial charge in [-0.3, -0.25) is 0 Å². The molecule has 0 aliphatic carbocycles. The van der Waals surface area contributed by atoms with Gasteiger partial charge in [-0.25, -0.2) is 4.98 Å². The van der Waals surface area contributed by atoms with Gasteiger partial charge in [-0.2, -0.15) is 0 Å². The zero-order chi connectivity index (χ0) is 15.1. The molecule has 3 N–H and O–H groups in total. The number of hydrogen-bond donors (Lipinski definition) is 2. The van der Waals surface area contributed by atoms with E-state index in [2.05, 4.69) is 17.2 Å². The minimum absolute atomic E-state index is 0.167. The number of nitrogens with one attached hydrogen (secondary N) is 1. The Kier molecular flexibility index (Phi) is 6.36. The maximum atomic E-state index is 6.21. The van der Waals surface area contributed by atoms with Crippen molar-refractivity contribution in [1.82, 2.24) is 10.3 Å². The highest BCUT2D eigenvalue weighted by molar-refractivity contribution is 7.99. The third-order valence-corrected chi connectivity index (χ3v) is 4.74. The topological polar surface area (TPSA) is 50.9 Å². The molecule has 0 fully saturated rings. The average Bonchev–Trinajstić information content (AvgIpc) is 2.50. The summed E-state index contributed by atoms with van der Waals surface area (Å²) in [5, 5.41) is 4.32. The van der Waals surface area contributed by atoms with Crippen LogP contribution in [0.5, 0.6) is 0 Å². The Balaban J connectivity index is 2.10. The van der Waals surface area contributed by atoms with Crippen LogP contribution in [0.3, 0.4) is 0 Å². The molecule has 1 unspecified atom stereocenters. The molecular weight excluding hydrogens is 302 g/mol. The van der Waals surface area contributed by atoms with Gasteiger partial charge in [-0.15, -0.1) is 11.8 Å². The highest BCUT2D eigenvalue weighted by Gasteiger charge is 2.15. The molecule has 0 aliphatic heterocycles. The van der Waals surface area contributed by atoms with Gasteiger partial charge in [0.05, 0.1) is 5.02 Å². The van der Waals surface area contributed by atoms with Crippen molar-refractivity contribution in [2.75, 3.05) is 18.0 Å². The number of thioether (sulfide) groups is 1. The first-order valence-electron chi connectivity index (χ1n) is 7.03. The molecule has 112 valence electrons. The van der Waals surface area contributed by atoms with Crippen LogP contribution < -0.4 is 11.1 Å². The Morgan fingerprint density at radius 2 is 2.10 bits per heavy atom. The Hall–Kier alpha value is -1.23. The van der Waals surface area contributed by atoms with Crippen molar-refractivity contribution in [1.29, 1.82) is 0 Å². The Morgan fingerprint density at radius 1 is 1.29 bits per heavy atom. The zero-order valence-corrected chi connectivity index (χ0v) is 13.6. The standard InChI is InChI=1S/C16H20ClN3S/c1-2-9-19-14(12-6-5-10-20-16(12)18)11-21-15-8-4-3-7-13(15)17/h3-8,10,14,19H,2,9,11H2,1H3,(H2,18,20). The summed E-state index contributed by atoms with van der Waals surface area (Å²) in [6.45, 7) is 3.10. The molecule has 2 rings (SSSR count). The highest BCUT2D eigenvalue weighted by atomic mass is 35.5. The maximum absolute atomic E-state index is 6.21. The second-order valence-corrected chi connectivity index (χ2v) is 6.20. The van der Waals surface area contributed by atoms with Crippen LogP contribution in [0.4, 0.5) is 5.82 Å². The zero-order valence-electron chi connectivity index (χ0n) is 12.1. The SMILES string of the molecule is CCCNC(CSc1ccccc1Cl)c1cccnc1N. The fourth-order valence-corrected chi connectivity index (χ4v) is 3.36. The number of nitrogens with two attached hydrogens (primary N) is 1. The number of halogens is 1. The van der Waals surface area contributed by atoms with Crippen LogP contribution in [-0.4, -0.2) is 17.3 Å². The third kappa shape index (κ3) is 4.63. The molecular formula is C16H20ClN3S. The summed E-state index contributed by atoms with van der Waals surface area (Å²) in [7, 11) is 0. The van der Waals surface area contributed by atoms with E-state index in [9.17, 15) is 0 Å². The lowest BCUT2D eigenvalue weighted by Gasteiger charge is -2.20. The van der Waals surface area contributed by atoms with E-state index in [-0.39, 0.29) is 6.04 Å². The minimum Gasteiger partial charge on any atom is -0.383 e. The van der Waals surface area contributed by atoms with Gasteiger partial charge in [0.15, 0.2) is 0 Å². The minimum atomic E-state index is 0.167. The van der Waals surface area contributed by atoms with Crippen molar-refractivity contribution in [2.24, 2.45) is 0 Å². The predicted octanol–water partition coefficient (Wildman–Crippen LogP) is 4.15. The molecule has 1 aromatic heterocycles. The number of nitrogens with zero attached hydrogens (tertiary/aromatic N) is 1. The molecule has 0 radical (unpaired) electrons. The molecule has 3 nitrogen and oxygen atoms in total. The largest absolute Gasteiger partial charge is 0.383 e. The van der Waals surface area contributed by atoms with E-state index >= 15 is 0 Å². The van der Waals surface area contributed by atoms with E-state index in [1.165, 1.54) is 0 Å². The molecule has 2 aromatic rings. The van der Waals surface area contributed by atoms with Crippen LogP contribution in [0.2, 0.25) is 5.02 Å². The van der Waals surface area contributed by atoms with Gasteiger partial charge in [0.2, 0.25) is 0 Å². The lowest BCUT2D eigenvalue weighted by atomic mass is 10.1. The van der Waals surface area contributed by atoms with Crippen LogP contribution in [-0.2, 0) is 0 Å². The fourth-order valence-electron chi connectivity index (χ4n) is 2.04. The number of rotatable bonds is 7. The van der Waals surface area contributed by atoms with Crippen molar-refractivity contribution in [3.8, 4) is 0 Å². The van der Waals surface area contributed by atoms with E-state index in [0.29, 0.717) is 5.82 Å². The molecule has 0 bridgehead atoms. The molecule has 1 aromatic carbocycles. The van der Waals surface area contributed by atoms with E-state index in [0.717, 1.165) is 34.2 Å². The van der Waals surface area contributed by atoms with Crippen LogP contribution >= 0.6 is 23.4 Å². The predicted molar refractivity (Wildman–Crippen MR) is 91.9 cm³/mol. The fraction of sp³-hybridized carbons (Fsp3) is 0.312. The molecule has 5 heteroatoms. The first-order valence-corrected chi connectivity index (χ1v) is 8.39. The maximum Gasteiger partial charge on any atom is 0.128 e. The monoisotopic (exact) mass is 321 g/mol.